The lowest BCUT2D eigenvalue weighted by molar-refractivity contribution is -0.113. The van der Waals surface area contributed by atoms with Gasteiger partial charge >= 0.3 is 6.03 Å². The van der Waals surface area contributed by atoms with E-state index in [1.165, 1.54) is 0 Å². The first-order valence-corrected chi connectivity index (χ1v) is 7.83. The minimum Gasteiger partial charge on any atom is -0.327 e. The highest BCUT2D eigenvalue weighted by atomic mass is 35.5. The third-order valence-corrected chi connectivity index (χ3v) is 4.10. The number of benzene rings is 2. The van der Waals surface area contributed by atoms with E-state index in [1.54, 1.807) is 31.2 Å². The highest BCUT2D eigenvalue weighted by Crippen LogP contribution is 2.28. The summed E-state index contributed by atoms with van der Waals surface area (Å²) in [5.74, 6) is -0.318. The minimum absolute atomic E-state index is 0.318. The number of urea groups is 1. The lowest BCUT2D eigenvalue weighted by Gasteiger charge is -2.28. The Morgan fingerprint density at radius 1 is 1.08 bits per heavy atom. The van der Waals surface area contributed by atoms with Crippen LogP contribution in [0.2, 0.25) is 5.02 Å². The Bertz CT molecular complexity index is 818. The van der Waals surface area contributed by atoms with Gasteiger partial charge in [0.05, 0.1) is 22.3 Å². The van der Waals surface area contributed by atoms with Crippen LogP contribution in [0.1, 0.15) is 18.5 Å². The molecule has 3 N–H and O–H groups in total. The monoisotopic (exact) mass is 341 g/mol. The molecule has 0 spiro atoms. The van der Waals surface area contributed by atoms with E-state index in [9.17, 15) is 9.59 Å². The van der Waals surface area contributed by atoms with Crippen LogP contribution in [-0.2, 0) is 4.79 Å². The highest BCUT2D eigenvalue weighted by molar-refractivity contribution is 6.33. The molecule has 1 heterocycles. The predicted octanol–water partition coefficient (Wildman–Crippen LogP) is 3.61. The van der Waals surface area contributed by atoms with Crippen molar-refractivity contribution >= 4 is 29.2 Å². The van der Waals surface area contributed by atoms with E-state index >= 15 is 0 Å². The van der Waals surface area contributed by atoms with Crippen molar-refractivity contribution in [3.63, 3.8) is 0 Å². The first kappa shape index (κ1) is 16.1. The molecule has 0 bridgehead atoms. The highest BCUT2D eigenvalue weighted by Gasteiger charge is 2.31. The summed E-state index contributed by atoms with van der Waals surface area (Å²) in [5.41, 5.74) is 2.31. The molecule has 2 aromatic rings. The third kappa shape index (κ3) is 3.26. The molecule has 0 saturated heterocycles. The van der Waals surface area contributed by atoms with Gasteiger partial charge in [0.1, 0.15) is 0 Å². The summed E-state index contributed by atoms with van der Waals surface area (Å²) >= 11 is 6.10. The predicted molar refractivity (Wildman–Crippen MR) is 93.6 cm³/mol. The zero-order chi connectivity index (χ0) is 17.1. The molecule has 3 rings (SSSR count). The SMILES string of the molecule is CC1=C(C(=O)Nc2ccccc2Cl)[C@@H](c2ccccc2)NC(=O)N1. The van der Waals surface area contributed by atoms with Crippen LogP contribution in [0, 0.1) is 0 Å². The van der Waals surface area contributed by atoms with Crippen LogP contribution in [-0.4, -0.2) is 11.9 Å². The van der Waals surface area contributed by atoms with Crippen LogP contribution in [0.25, 0.3) is 0 Å². The number of hydrogen-bond donors (Lipinski definition) is 3. The van der Waals surface area contributed by atoms with Gasteiger partial charge < -0.3 is 16.0 Å². The van der Waals surface area contributed by atoms with Gasteiger partial charge in [0.15, 0.2) is 0 Å². The molecule has 0 fully saturated rings. The molecule has 0 aromatic heterocycles. The van der Waals surface area contributed by atoms with Crippen LogP contribution in [0.3, 0.4) is 0 Å². The number of anilines is 1. The van der Waals surface area contributed by atoms with E-state index in [2.05, 4.69) is 16.0 Å². The van der Waals surface area contributed by atoms with Gasteiger partial charge in [-0.3, -0.25) is 4.79 Å². The van der Waals surface area contributed by atoms with Crippen LogP contribution in [0.4, 0.5) is 10.5 Å². The quantitative estimate of drug-likeness (QED) is 0.798. The van der Waals surface area contributed by atoms with Crippen LogP contribution < -0.4 is 16.0 Å². The maximum atomic E-state index is 12.8. The molecule has 2 aromatic carbocycles. The van der Waals surface area contributed by atoms with Crippen LogP contribution >= 0.6 is 11.6 Å². The van der Waals surface area contributed by atoms with E-state index < -0.39 is 6.04 Å². The van der Waals surface area contributed by atoms with Gasteiger partial charge in [-0.25, -0.2) is 4.79 Å². The lowest BCUT2D eigenvalue weighted by Crippen LogP contribution is -2.45. The van der Waals surface area contributed by atoms with Crippen molar-refractivity contribution in [3.05, 3.63) is 76.5 Å². The van der Waals surface area contributed by atoms with Crippen molar-refractivity contribution < 1.29 is 9.59 Å². The molecular weight excluding hydrogens is 326 g/mol. The Hall–Kier alpha value is -2.79. The van der Waals surface area contributed by atoms with E-state index in [1.807, 2.05) is 30.3 Å². The second kappa shape index (κ2) is 6.76. The van der Waals surface area contributed by atoms with E-state index in [0.717, 1.165) is 5.56 Å². The maximum absolute atomic E-state index is 12.8. The van der Waals surface area contributed by atoms with Crippen molar-refractivity contribution in [3.8, 4) is 0 Å². The average Bonchev–Trinajstić information content (AvgIpc) is 2.57. The fraction of sp³-hybridized carbons (Fsp3) is 0.111. The van der Waals surface area contributed by atoms with Gasteiger partial charge in [-0.15, -0.1) is 0 Å². The van der Waals surface area contributed by atoms with Crippen molar-refractivity contribution in [1.82, 2.24) is 10.6 Å². The summed E-state index contributed by atoms with van der Waals surface area (Å²) in [6.45, 7) is 1.70. The number of hydrogen-bond acceptors (Lipinski definition) is 2. The molecule has 0 radical (unpaired) electrons. The average molecular weight is 342 g/mol. The molecule has 3 amide bonds. The van der Waals surface area contributed by atoms with Gasteiger partial charge in [0.25, 0.3) is 5.91 Å². The fourth-order valence-corrected chi connectivity index (χ4v) is 2.83. The zero-order valence-corrected chi connectivity index (χ0v) is 13.7. The van der Waals surface area contributed by atoms with Gasteiger partial charge in [-0.1, -0.05) is 54.1 Å². The Balaban J connectivity index is 1.95. The van der Waals surface area contributed by atoms with Crippen LogP contribution in [0.5, 0.6) is 0 Å². The van der Waals surface area contributed by atoms with Crippen molar-refractivity contribution in [2.24, 2.45) is 0 Å². The molecule has 5 nitrogen and oxygen atoms in total. The zero-order valence-electron chi connectivity index (χ0n) is 13.0. The number of rotatable bonds is 3. The molecule has 122 valence electrons. The summed E-state index contributed by atoms with van der Waals surface area (Å²) in [4.78, 5) is 24.6. The summed E-state index contributed by atoms with van der Waals surface area (Å²) in [6.07, 6.45) is 0. The maximum Gasteiger partial charge on any atom is 0.319 e. The molecule has 1 aliphatic heterocycles. The molecule has 1 atom stereocenters. The Labute approximate surface area is 144 Å². The van der Waals surface area contributed by atoms with Gasteiger partial charge in [-0.05, 0) is 24.6 Å². The fourth-order valence-electron chi connectivity index (χ4n) is 2.64. The topological polar surface area (TPSA) is 70.2 Å². The molecule has 0 unspecified atom stereocenters. The first-order chi connectivity index (χ1) is 11.6. The standard InChI is InChI=1S/C18H16ClN3O2/c1-11-15(17(23)21-14-10-6-5-9-13(14)19)16(22-18(24)20-11)12-7-3-2-4-8-12/h2-10,16H,1H3,(H,21,23)(H2,20,22,24)/t16-/m1/s1. The third-order valence-electron chi connectivity index (χ3n) is 3.77. The smallest absolute Gasteiger partial charge is 0.319 e. The Morgan fingerprint density at radius 2 is 1.75 bits per heavy atom. The van der Waals surface area contributed by atoms with E-state index in [4.69, 9.17) is 11.6 Å². The Morgan fingerprint density at radius 3 is 2.46 bits per heavy atom. The molecule has 24 heavy (non-hydrogen) atoms. The summed E-state index contributed by atoms with van der Waals surface area (Å²) in [7, 11) is 0. The molecule has 0 saturated carbocycles. The Kier molecular flexibility index (Phi) is 4.53. The van der Waals surface area contributed by atoms with Gasteiger partial charge in [0.2, 0.25) is 0 Å². The number of amides is 3. The van der Waals surface area contributed by atoms with Gasteiger partial charge in [0, 0.05) is 5.70 Å². The number of carbonyl (C=O) groups excluding carboxylic acids is 2. The molecule has 0 aliphatic carbocycles. The molecule has 1 aliphatic rings. The second-order valence-corrected chi connectivity index (χ2v) is 5.82. The van der Waals surface area contributed by atoms with Crippen LogP contribution in [0.15, 0.2) is 65.9 Å². The summed E-state index contributed by atoms with van der Waals surface area (Å²) < 4.78 is 0. The van der Waals surface area contributed by atoms with Crippen molar-refractivity contribution in [2.45, 2.75) is 13.0 Å². The lowest BCUT2D eigenvalue weighted by atomic mass is 9.95. The molecular formula is C18H16ClN3O2. The normalized spacial score (nSPS) is 17.1. The largest absolute Gasteiger partial charge is 0.327 e. The van der Waals surface area contributed by atoms with Gasteiger partial charge in [-0.2, -0.15) is 0 Å². The number of para-hydroxylation sites is 1. The van der Waals surface area contributed by atoms with E-state index in [-0.39, 0.29) is 11.9 Å². The van der Waals surface area contributed by atoms with E-state index in [0.29, 0.717) is 22.0 Å². The second-order valence-electron chi connectivity index (χ2n) is 5.41. The number of carbonyl (C=O) groups is 2. The summed E-state index contributed by atoms with van der Waals surface area (Å²) in [6, 6.07) is 15.5. The number of nitrogens with one attached hydrogen (secondary N) is 3. The minimum atomic E-state index is -0.526. The number of halogens is 1. The van der Waals surface area contributed by atoms with Crippen molar-refractivity contribution in [1.29, 1.82) is 0 Å². The number of allylic oxidation sites excluding steroid dienone is 1. The summed E-state index contributed by atoms with van der Waals surface area (Å²) in [5, 5.41) is 8.70. The molecule has 6 heteroatoms. The first-order valence-electron chi connectivity index (χ1n) is 7.45. The van der Waals surface area contributed by atoms with Crippen molar-refractivity contribution in [2.75, 3.05) is 5.32 Å².